The van der Waals surface area contributed by atoms with Crippen LogP contribution in [-0.4, -0.2) is 68.9 Å². The number of carbonyl (C=O) groups is 1. The third-order valence-electron chi connectivity index (χ3n) is 2.20. The first-order valence-electron chi connectivity index (χ1n) is 6.03. The van der Waals surface area contributed by atoms with E-state index in [4.69, 9.17) is 23.7 Å². The molecule has 0 aliphatic rings. The van der Waals surface area contributed by atoms with Crippen LogP contribution in [0, 0.1) is 0 Å². The van der Waals surface area contributed by atoms with Gasteiger partial charge in [0.15, 0.2) is 5.41 Å². The van der Waals surface area contributed by atoms with Crippen molar-refractivity contribution in [1.82, 2.24) is 0 Å². The minimum absolute atomic E-state index is 0.0400. The van der Waals surface area contributed by atoms with E-state index in [2.05, 4.69) is 6.58 Å². The lowest BCUT2D eigenvalue weighted by atomic mass is 10.4. The Kier molecular flexibility index (Phi) is 9.71. The molecule has 0 aromatic carbocycles. The summed E-state index contributed by atoms with van der Waals surface area (Å²) in [7, 11) is 3.72. The van der Waals surface area contributed by atoms with Gasteiger partial charge in [0.05, 0.1) is 36.7 Å². The van der Waals surface area contributed by atoms with Crippen LogP contribution in [0.4, 0.5) is 0 Å². The van der Waals surface area contributed by atoms with Gasteiger partial charge >= 0.3 is 5.97 Å². The summed E-state index contributed by atoms with van der Waals surface area (Å²) < 4.78 is 26.1. The number of hydrogen-bond acceptors (Lipinski definition) is 6. The highest BCUT2D eigenvalue weighted by atomic mass is 28.1. The average molecular weight is 292 g/mol. The van der Waals surface area contributed by atoms with Gasteiger partial charge in [-0.2, -0.15) is 0 Å². The molecule has 0 bridgehead atoms. The topological polar surface area (TPSA) is 63.2 Å². The highest BCUT2D eigenvalue weighted by Gasteiger charge is 2.27. The van der Waals surface area contributed by atoms with Crippen molar-refractivity contribution >= 4 is 16.2 Å². The first-order chi connectivity index (χ1) is 8.95. The van der Waals surface area contributed by atoms with Gasteiger partial charge in [-0.05, 0) is 6.92 Å². The van der Waals surface area contributed by atoms with Gasteiger partial charge in [0.25, 0.3) is 0 Å². The van der Waals surface area contributed by atoms with Crippen LogP contribution in [0.3, 0.4) is 0 Å². The van der Waals surface area contributed by atoms with Crippen molar-refractivity contribution in [2.24, 2.45) is 0 Å². The number of methoxy groups -OCH3 is 2. The van der Waals surface area contributed by atoms with Crippen LogP contribution < -0.4 is 0 Å². The summed E-state index contributed by atoms with van der Waals surface area (Å²) in [6, 6.07) is 0. The molecular formula is C12H24O6Si. The highest BCUT2D eigenvalue weighted by molar-refractivity contribution is 6.13. The summed E-state index contributed by atoms with van der Waals surface area (Å²) in [5.41, 5.74) is -0.542. The van der Waals surface area contributed by atoms with Crippen molar-refractivity contribution in [2.45, 2.75) is 12.3 Å². The summed E-state index contributed by atoms with van der Waals surface area (Å²) in [6.07, 6.45) is 0. The summed E-state index contributed by atoms with van der Waals surface area (Å²) in [6.45, 7) is 6.80. The molecule has 0 atom stereocenters. The molecule has 0 aromatic heterocycles. The van der Waals surface area contributed by atoms with E-state index in [1.165, 1.54) is 0 Å². The Morgan fingerprint density at radius 1 is 1.11 bits per heavy atom. The third kappa shape index (κ3) is 8.90. The first kappa shape index (κ1) is 18.3. The molecule has 0 aromatic rings. The fourth-order valence-electron chi connectivity index (χ4n) is 1.13. The zero-order valence-corrected chi connectivity index (χ0v) is 14.2. The minimum atomic E-state index is -0.887. The van der Waals surface area contributed by atoms with E-state index in [1.54, 1.807) is 21.1 Å². The van der Waals surface area contributed by atoms with Gasteiger partial charge < -0.3 is 23.7 Å². The molecule has 0 N–H and O–H groups in total. The molecule has 7 heteroatoms. The van der Waals surface area contributed by atoms with E-state index >= 15 is 0 Å². The normalized spacial score (nSPS) is 11.5. The maximum absolute atomic E-state index is 11.4. The quantitative estimate of drug-likeness (QED) is 0.167. The van der Waals surface area contributed by atoms with Crippen LogP contribution in [0.1, 0.15) is 6.92 Å². The van der Waals surface area contributed by atoms with E-state index in [9.17, 15) is 4.79 Å². The van der Waals surface area contributed by atoms with E-state index in [0.717, 1.165) is 0 Å². The Labute approximate surface area is 117 Å². The van der Waals surface area contributed by atoms with Gasteiger partial charge in [0.1, 0.15) is 6.61 Å². The van der Waals surface area contributed by atoms with Crippen molar-refractivity contribution in [2.75, 3.05) is 47.3 Å². The molecule has 0 heterocycles. The van der Waals surface area contributed by atoms with E-state index < -0.39 is 11.4 Å². The number of rotatable bonds is 11. The van der Waals surface area contributed by atoms with Crippen LogP contribution in [-0.2, 0) is 28.5 Å². The molecule has 6 nitrogen and oxygen atoms in total. The van der Waals surface area contributed by atoms with Crippen molar-refractivity contribution in [3.8, 4) is 0 Å². The molecule has 0 unspecified atom stereocenters. The predicted molar refractivity (Wildman–Crippen MR) is 74.1 cm³/mol. The van der Waals surface area contributed by atoms with Crippen molar-refractivity contribution in [3.05, 3.63) is 12.2 Å². The third-order valence-corrected chi connectivity index (χ3v) is 3.07. The molecule has 0 spiro atoms. The van der Waals surface area contributed by atoms with Crippen LogP contribution in [0.25, 0.3) is 0 Å². The lowest BCUT2D eigenvalue weighted by Crippen LogP contribution is -2.44. The van der Waals surface area contributed by atoms with Crippen LogP contribution >= 0.6 is 0 Å². The van der Waals surface area contributed by atoms with Crippen molar-refractivity contribution < 1.29 is 28.5 Å². The monoisotopic (exact) mass is 292 g/mol. The summed E-state index contributed by atoms with van der Waals surface area (Å²) in [5, 5.41) is 0. The maximum atomic E-state index is 11.4. The summed E-state index contributed by atoms with van der Waals surface area (Å²) in [4.78, 5) is 11.4. The molecule has 0 aliphatic heterocycles. The van der Waals surface area contributed by atoms with Crippen LogP contribution in [0.2, 0.25) is 0 Å². The zero-order chi connectivity index (χ0) is 14.7. The molecular weight excluding hydrogens is 268 g/mol. The highest BCUT2D eigenvalue weighted by Crippen LogP contribution is 2.10. The minimum Gasteiger partial charge on any atom is -0.457 e. The molecule has 0 radical (unpaired) electrons. The fourth-order valence-corrected chi connectivity index (χ4v) is 1.68. The maximum Gasteiger partial charge on any atom is 0.333 e. The smallest absolute Gasteiger partial charge is 0.333 e. The molecule has 0 saturated carbocycles. The average Bonchev–Trinajstić information content (AvgIpc) is 2.36. The van der Waals surface area contributed by atoms with E-state index in [-0.39, 0.29) is 6.61 Å². The van der Waals surface area contributed by atoms with Gasteiger partial charge in [-0.1, -0.05) is 6.58 Å². The Hall–Kier alpha value is -0.733. The Bertz CT molecular complexity index is 271. The Morgan fingerprint density at radius 3 is 1.95 bits per heavy atom. The summed E-state index contributed by atoms with van der Waals surface area (Å²) >= 11 is 0. The van der Waals surface area contributed by atoms with Gasteiger partial charge in [-0.15, -0.1) is 0 Å². The molecule has 0 amide bonds. The van der Waals surface area contributed by atoms with Gasteiger partial charge in [-0.25, -0.2) is 4.79 Å². The number of carbonyl (C=O) groups excluding carboxylic acids is 1. The van der Waals surface area contributed by atoms with E-state index in [0.29, 0.717) is 42.2 Å². The number of esters is 1. The lowest BCUT2D eigenvalue weighted by Gasteiger charge is -2.29. The second kappa shape index (κ2) is 10.1. The number of ether oxygens (including phenoxy) is 5. The molecule has 19 heavy (non-hydrogen) atoms. The number of hydrogen-bond donors (Lipinski definition) is 0. The molecule has 0 saturated heterocycles. The largest absolute Gasteiger partial charge is 0.457 e. The summed E-state index contributed by atoms with van der Waals surface area (Å²) in [5.74, 6) is -0.453. The SMILES string of the molecule is C=C(C)C(=O)OCC([SiH3])(OCCOC)OCCOC. The Balaban J connectivity index is 4.29. The Morgan fingerprint density at radius 2 is 1.58 bits per heavy atom. The first-order valence-corrected chi connectivity index (χ1v) is 7.03. The van der Waals surface area contributed by atoms with Gasteiger partial charge in [-0.3, -0.25) is 0 Å². The predicted octanol–water partition coefficient (Wildman–Crippen LogP) is -0.549. The second-order valence-corrected chi connectivity index (χ2v) is 5.70. The van der Waals surface area contributed by atoms with Crippen LogP contribution in [0.15, 0.2) is 12.2 Å². The molecule has 0 fully saturated rings. The van der Waals surface area contributed by atoms with Crippen LogP contribution in [0.5, 0.6) is 0 Å². The second-order valence-electron chi connectivity index (χ2n) is 4.17. The van der Waals surface area contributed by atoms with Crippen molar-refractivity contribution in [1.29, 1.82) is 0 Å². The van der Waals surface area contributed by atoms with E-state index in [1.807, 2.05) is 0 Å². The molecule has 0 rings (SSSR count). The molecule has 0 aliphatic carbocycles. The van der Waals surface area contributed by atoms with Gasteiger partial charge in [0, 0.05) is 19.8 Å². The van der Waals surface area contributed by atoms with Crippen molar-refractivity contribution in [3.63, 3.8) is 0 Å². The standard InChI is InChI=1S/C12H24O6Si/c1-10(2)11(13)16-9-12(19,17-7-5-14-3)18-8-6-15-4/h1,5-9H2,2-4,19H3. The lowest BCUT2D eigenvalue weighted by molar-refractivity contribution is -0.214. The molecule has 112 valence electrons. The fraction of sp³-hybridized carbons (Fsp3) is 0.750. The zero-order valence-electron chi connectivity index (χ0n) is 12.2. The van der Waals surface area contributed by atoms with Gasteiger partial charge in [0.2, 0.25) is 0 Å².